The quantitative estimate of drug-likeness (QED) is 0.366. The van der Waals surface area contributed by atoms with E-state index in [0.717, 1.165) is 16.5 Å². The van der Waals surface area contributed by atoms with Gasteiger partial charge in [-0.2, -0.15) is 0 Å². The molecule has 3 aromatic carbocycles. The first-order valence-electron chi connectivity index (χ1n) is 12.5. The number of hydrogen-bond donors (Lipinski definition) is 1. The van der Waals surface area contributed by atoms with Crippen molar-refractivity contribution in [3.63, 3.8) is 0 Å². The van der Waals surface area contributed by atoms with E-state index >= 15 is 0 Å². The van der Waals surface area contributed by atoms with Crippen LogP contribution in [0.5, 0.6) is 5.75 Å². The molecule has 0 bridgehead atoms. The van der Waals surface area contributed by atoms with E-state index in [9.17, 15) is 9.59 Å². The van der Waals surface area contributed by atoms with Crippen molar-refractivity contribution in [1.29, 1.82) is 0 Å². The van der Waals surface area contributed by atoms with Crippen LogP contribution < -0.4 is 10.1 Å². The van der Waals surface area contributed by atoms with E-state index in [2.05, 4.69) is 5.32 Å². The Morgan fingerprint density at radius 3 is 2.51 bits per heavy atom. The summed E-state index contributed by atoms with van der Waals surface area (Å²) in [5.74, 6) is -0.348. The van der Waals surface area contributed by atoms with E-state index in [0.29, 0.717) is 42.3 Å². The van der Waals surface area contributed by atoms with Crippen LogP contribution in [0.1, 0.15) is 40.4 Å². The van der Waals surface area contributed by atoms with Crippen molar-refractivity contribution in [2.75, 3.05) is 32.2 Å². The van der Waals surface area contributed by atoms with Crippen molar-refractivity contribution >= 4 is 28.4 Å². The molecule has 2 heterocycles. The third kappa shape index (κ3) is 4.47. The molecular weight excluding hydrogens is 466 g/mol. The van der Waals surface area contributed by atoms with Gasteiger partial charge < -0.3 is 24.3 Å². The van der Waals surface area contributed by atoms with Crippen molar-refractivity contribution < 1.29 is 19.1 Å². The molecule has 0 radical (unpaired) electrons. The molecule has 0 aliphatic carbocycles. The second-order valence-corrected chi connectivity index (χ2v) is 9.13. The summed E-state index contributed by atoms with van der Waals surface area (Å²) in [4.78, 5) is 29.8. The van der Waals surface area contributed by atoms with Gasteiger partial charge in [-0.3, -0.25) is 9.59 Å². The van der Waals surface area contributed by atoms with E-state index in [1.54, 1.807) is 18.1 Å². The van der Waals surface area contributed by atoms with Gasteiger partial charge in [-0.05, 0) is 36.8 Å². The van der Waals surface area contributed by atoms with Gasteiger partial charge in [0, 0.05) is 48.9 Å². The van der Waals surface area contributed by atoms with Gasteiger partial charge in [0.05, 0.1) is 30.9 Å². The van der Waals surface area contributed by atoms with Gasteiger partial charge in [0.1, 0.15) is 5.75 Å². The highest BCUT2D eigenvalue weighted by Gasteiger charge is 2.45. The van der Waals surface area contributed by atoms with Crippen LogP contribution >= 0.6 is 0 Å². The second kappa shape index (κ2) is 10.5. The molecular formula is C30H31N3O4. The van der Waals surface area contributed by atoms with Crippen molar-refractivity contribution in [1.82, 2.24) is 9.47 Å². The van der Waals surface area contributed by atoms with Crippen LogP contribution in [0.3, 0.4) is 0 Å². The molecule has 4 aromatic rings. The fraction of sp³-hybridized carbons (Fsp3) is 0.267. The molecule has 0 saturated heterocycles. The number of amides is 2. The highest BCUT2D eigenvalue weighted by atomic mass is 16.5. The number of para-hydroxylation sites is 3. The molecule has 1 aliphatic rings. The molecule has 2 amide bonds. The number of benzene rings is 3. The van der Waals surface area contributed by atoms with Gasteiger partial charge in [0.2, 0.25) is 5.91 Å². The van der Waals surface area contributed by atoms with Crippen molar-refractivity contribution in [3.05, 3.63) is 95.7 Å². The molecule has 2 atom stereocenters. The summed E-state index contributed by atoms with van der Waals surface area (Å²) in [6.07, 6.45) is 2.03. The molecule has 37 heavy (non-hydrogen) atoms. The average Bonchev–Trinajstić information content (AvgIpc) is 3.25. The van der Waals surface area contributed by atoms with Gasteiger partial charge in [-0.15, -0.1) is 0 Å². The molecule has 0 saturated carbocycles. The first-order valence-corrected chi connectivity index (χ1v) is 12.5. The summed E-state index contributed by atoms with van der Waals surface area (Å²) in [5, 5.41) is 4.12. The number of ether oxygens (including phenoxy) is 2. The van der Waals surface area contributed by atoms with Gasteiger partial charge in [0.15, 0.2) is 0 Å². The first-order chi connectivity index (χ1) is 18.0. The van der Waals surface area contributed by atoms with Crippen LogP contribution in [0.2, 0.25) is 0 Å². The maximum atomic E-state index is 14.2. The molecule has 190 valence electrons. The number of carbonyl (C=O) groups excluding carboxylic acids is 2. The largest absolute Gasteiger partial charge is 0.492 e. The maximum Gasteiger partial charge on any atom is 0.254 e. The van der Waals surface area contributed by atoms with Crippen molar-refractivity contribution in [3.8, 4) is 5.75 Å². The van der Waals surface area contributed by atoms with Crippen molar-refractivity contribution in [2.24, 2.45) is 7.05 Å². The normalized spacial score (nSPS) is 17.1. The number of methoxy groups -OCH3 is 1. The fourth-order valence-electron chi connectivity index (χ4n) is 5.33. The number of aryl methyl sites for hydroxylation is 1. The number of carbonyl (C=O) groups is 2. The van der Waals surface area contributed by atoms with E-state index in [4.69, 9.17) is 9.47 Å². The molecule has 0 fully saturated rings. The number of rotatable bonds is 8. The minimum absolute atomic E-state index is 0.107. The monoisotopic (exact) mass is 497 g/mol. The Morgan fingerprint density at radius 2 is 1.70 bits per heavy atom. The lowest BCUT2D eigenvalue weighted by atomic mass is 9.79. The number of aromatic nitrogens is 1. The highest BCUT2D eigenvalue weighted by molar-refractivity contribution is 6.05. The molecule has 1 N–H and O–H groups in total. The summed E-state index contributed by atoms with van der Waals surface area (Å²) in [7, 11) is 3.60. The number of anilines is 1. The zero-order valence-electron chi connectivity index (χ0n) is 21.3. The van der Waals surface area contributed by atoms with Crippen LogP contribution in [0.15, 0.2) is 79.0 Å². The Bertz CT molecular complexity index is 1440. The minimum Gasteiger partial charge on any atom is -0.492 e. The summed E-state index contributed by atoms with van der Waals surface area (Å²) in [6, 6.07) is 22.4. The molecule has 2 unspecified atom stereocenters. The van der Waals surface area contributed by atoms with E-state index in [-0.39, 0.29) is 11.8 Å². The zero-order chi connectivity index (χ0) is 25.9. The lowest BCUT2D eigenvalue weighted by Crippen LogP contribution is -2.47. The SMILES string of the molecule is CCOc1ccccc1NC(=O)C1c2ccccc2C(=O)N(CCOC)C1c1cn(C)c2ccccc12. The van der Waals surface area contributed by atoms with Crippen LogP contribution in [-0.4, -0.2) is 48.1 Å². The predicted octanol–water partition coefficient (Wildman–Crippen LogP) is 5.14. The lowest BCUT2D eigenvalue weighted by molar-refractivity contribution is -0.119. The minimum atomic E-state index is -0.647. The third-order valence-corrected chi connectivity index (χ3v) is 6.95. The van der Waals surface area contributed by atoms with Crippen LogP contribution in [-0.2, 0) is 16.6 Å². The molecule has 7 heteroatoms. The van der Waals surface area contributed by atoms with Gasteiger partial charge >= 0.3 is 0 Å². The van der Waals surface area contributed by atoms with Gasteiger partial charge in [0.25, 0.3) is 5.91 Å². The first kappa shape index (κ1) is 24.6. The lowest BCUT2D eigenvalue weighted by Gasteiger charge is -2.41. The topological polar surface area (TPSA) is 72.8 Å². The maximum absolute atomic E-state index is 14.2. The molecule has 7 nitrogen and oxygen atoms in total. The zero-order valence-corrected chi connectivity index (χ0v) is 21.3. The van der Waals surface area contributed by atoms with Crippen LogP contribution in [0.4, 0.5) is 5.69 Å². The summed E-state index contributed by atoms with van der Waals surface area (Å²) < 4.78 is 13.2. The average molecular weight is 498 g/mol. The van der Waals surface area contributed by atoms with E-state index < -0.39 is 12.0 Å². The Balaban J connectivity index is 1.68. The van der Waals surface area contributed by atoms with Crippen molar-refractivity contribution in [2.45, 2.75) is 18.9 Å². The summed E-state index contributed by atoms with van der Waals surface area (Å²) in [5.41, 5.74) is 3.81. The molecule has 1 aliphatic heterocycles. The Hall–Kier alpha value is -4.10. The highest BCUT2D eigenvalue weighted by Crippen LogP contribution is 2.45. The molecule has 0 spiro atoms. The smallest absolute Gasteiger partial charge is 0.254 e. The third-order valence-electron chi connectivity index (χ3n) is 6.95. The number of hydrogen-bond acceptors (Lipinski definition) is 4. The number of nitrogens with zero attached hydrogens (tertiary/aromatic N) is 2. The summed E-state index contributed by atoms with van der Waals surface area (Å²) in [6.45, 7) is 3.11. The Morgan fingerprint density at radius 1 is 0.973 bits per heavy atom. The fourth-order valence-corrected chi connectivity index (χ4v) is 5.33. The van der Waals surface area contributed by atoms with Crippen LogP contribution in [0, 0.1) is 0 Å². The van der Waals surface area contributed by atoms with Gasteiger partial charge in [-0.1, -0.05) is 48.5 Å². The predicted molar refractivity (Wildman–Crippen MR) is 144 cm³/mol. The summed E-state index contributed by atoms with van der Waals surface area (Å²) >= 11 is 0. The Kier molecular flexibility index (Phi) is 6.97. The second-order valence-electron chi connectivity index (χ2n) is 9.13. The van der Waals surface area contributed by atoms with E-state index in [1.165, 1.54) is 0 Å². The number of fused-ring (bicyclic) bond motifs is 2. The van der Waals surface area contributed by atoms with E-state index in [1.807, 2.05) is 91.5 Å². The van der Waals surface area contributed by atoms with Crippen LogP contribution in [0.25, 0.3) is 10.9 Å². The Labute approximate surface area is 216 Å². The molecule has 5 rings (SSSR count). The molecule has 1 aromatic heterocycles. The standard InChI is InChI=1S/C30H31N3O4/c1-4-37-26-16-10-8-14-24(26)31-29(34)27-21-12-5-6-13-22(21)30(35)33(17-18-36-3)28(27)23-19-32(2)25-15-9-7-11-20(23)25/h5-16,19,27-28H,4,17-18H2,1-3H3,(H,31,34). The van der Waals surface area contributed by atoms with Gasteiger partial charge in [-0.25, -0.2) is 0 Å². The number of nitrogens with one attached hydrogen (secondary N) is 1.